The van der Waals surface area contributed by atoms with E-state index in [0.717, 1.165) is 12.1 Å². The average Bonchev–Trinajstić information content (AvgIpc) is 2.60. The molecule has 0 aliphatic carbocycles. The van der Waals surface area contributed by atoms with Gasteiger partial charge >= 0.3 is 6.18 Å². The SMILES string of the molecule is CCOc1cc(C=O)ccc1OCC(=O)Nc1ccccc1C(F)(F)F. The fourth-order valence-corrected chi connectivity index (χ4v) is 2.15. The van der Waals surface area contributed by atoms with E-state index < -0.39 is 24.3 Å². The third-order valence-electron chi connectivity index (χ3n) is 3.27. The largest absolute Gasteiger partial charge is 0.490 e. The van der Waals surface area contributed by atoms with E-state index in [1.54, 1.807) is 6.92 Å². The summed E-state index contributed by atoms with van der Waals surface area (Å²) < 4.78 is 49.4. The van der Waals surface area contributed by atoms with Crippen LogP contribution in [0, 0.1) is 0 Å². The number of rotatable bonds is 7. The van der Waals surface area contributed by atoms with Crippen molar-refractivity contribution in [3.05, 3.63) is 53.6 Å². The highest BCUT2D eigenvalue weighted by Gasteiger charge is 2.33. The van der Waals surface area contributed by atoms with Gasteiger partial charge in [0.15, 0.2) is 18.1 Å². The summed E-state index contributed by atoms with van der Waals surface area (Å²) in [4.78, 5) is 22.8. The summed E-state index contributed by atoms with van der Waals surface area (Å²) in [7, 11) is 0. The Kier molecular flexibility index (Phi) is 6.21. The molecule has 5 nitrogen and oxygen atoms in total. The predicted octanol–water partition coefficient (Wildman–Crippen LogP) is 3.93. The van der Waals surface area contributed by atoms with E-state index in [2.05, 4.69) is 5.32 Å². The van der Waals surface area contributed by atoms with Gasteiger partial charge in [-0.05, 0) is 37.3 Å². The molecular formula is C18H16F3NO4. The first-order valence-corrected chi connectivity index (χ1v) is 7.66. The van der Waals surface area contributed by atoms with Crippen LogP contribution in [0.5, 0.6) is 11.5 Å². The van der Waals surface area contributed by atoms with E-state index in [1.165, 1.54) is 30.3 Å². The van der Waals surface area contributed by atoms with Crippen molar-refractivity contribution in [2.75, 3.05) is 18.5 Å². The van der Waals surface area contributed by atoms with Crippen molar-refractivity contribution in [3.63, 3.8) is 0 Å². The summed E-state index contributed by atoms with van der Waals surface area (Å²) in [6.45, 7) is 1.52. The first-order chi connectivity index (χ1) is 12.3. The van der Waals surface area contributed by atoms with Crippen LogP contribution < -0.4 is 14.8 Å². The number of carbonyl (C=O) groups excluding carboxylic acids is 2. The number of anilines is 1. The van der Waals surface area contributed by atoms with Crippen LogP contribution >= 0.6 is 0 Å². The minimum Gasteiger partial charge on any atom is -0.490 e. The van der Waals surface area contributed by atoms with Crippen molar-refractivity contribution in [3.8, 4) is 11.5 Å². The van der Waals surface area contributed by atoms with Crippen molar-refractivity contribution in [2.24, 2.45) is 0 Å². The Balaban J connectivity index is 2.07. The second kappa shape index (κ2) is 8.37. The molecule has 2 rings (SSSR count). The van der Waals surface area contributed by atoms with Crippen LogP contribution in [0.1, 0.15) is 22.8 Å². The van der Waals surface area contributed by atoms with Crippen LogP contribution in [0.2, 0.25) is 0 Å². The molecule has 0 unspecified atom stereocenters. The lowest BCUT2D eigenvalue weighted by Crippen LogP contribution is -2.22. The number of nitrogens with one attached hydrogen (secondary N) is 1. The van der Waals surface area contributed by atoms with E-state index in [0.29, 0.717) is 18.5 Å². The molecule has 0 radical (unpaired) electrons. The molecule has 8 heteroatoms. The molecule has 138 valence electrons. The lowest BCUT2D eigenvalue weighted by atomic mass is 10.1. The van der Waals surface area contributed by atoms with Gasteiger partial charge in [0.2, 0.25) is 0 Å². The van der Waals surface area contributed by atoms with Crippen LogP contribution in [0.3, 0.4) is 0 Å². The summed E-state index contributed by atoms with van der Waals surface area (Å²) in [5.74, 6) is -0.291. The van der Waals surface area contributed by atoms with Gasteiger partial charge in [-0.3, -0.25) is 9.59 Å². The number of aldehydes is 1. The molecule has 1 amide bonds. The van der Waals surface area contributed by atoms with Gasteiger partial charge in [0.1, 0.15) is 6.29 Å². The summed E-state index contributed by atoms with van der Waals surface area (Å²) in [6.07, 6.45) is -3.95. The maximum absolute atomic E-state index is 12.9. The van der Waals surface area contributed by atoms with Crippen LogP contribution in [-0.2, 0) is 11.0 Å². The van der Waals surface area contributed by atoms with Crippen molar-refractivity contribution in [1.82, 2.24) is 0 Å². The van der Waals surface area contributed by atoms with Crippen LogP contribution in [0.4, 0.5) is 18.9 Å². The van der Waals surface area contributed by atoms with Gasteiger partial charge in [0, 0.05) is 5.56 Å². The number of hydrogen-bond donors (Lipinski definition) is 1. The Morgan fingerprint density at radius 3 is 2.50 bits per heavy atom. The normalized spacial score (nSPS) is 10.9. The molecule has 0 aliphatic heterocycles. The molecular weight excluding hydrogens is 351 g/mol. The number of alkyl halides is 3. The lowest BCUT2D eigenvalue weighted by Gasteiger charge is -2.15. The number of para-hydroxylation sites is 1. The summed E-state index contributed by atoms with van der Waals surface area (Å²) in [6, 6.07) is 9.03. The maximum Gasteiger partial charge on any atom is 0.418 e. The van der Waals surface area contributed by atoms with E-state index in [4.69, 9.17) is 9.47 Å². The lowest BCUT2D eigenvalue weighted by molar-refractivity contribution is -0.137. The van der Waals surface area contributed by atoms with Crippen molar-refractivity contribution >= 4 is 17.9 Å². The quantitative estimate of drug-likeness (QED) is 0.753. The molecule has 0 fully saturated rings. The first-order valence-electron chi connectivity index (χ1n) is 7.66. The second-order valence-electron chi connectivity index (χ2n) is 5.14. The highest BCUT2D eigenvalue weighted by Crippen LogP contribution is 2.34. The van der Waals surface area contributed by atoms with E-state index in [1.807, 2.05) is 0 Å². The number of halogens is 3. The first kappa shape index (κ1) is 19.3. The number of amides is 1. The van der Waals surface area contributed by atoms with Crippen LogP contribution in [0.25, 0.3) is 0 Å². The molecule has 0 saturated carbocycles. The highest BCUT2D eigenvalue weighted by molar-refractivity contribution is 5.92. The Morgan fingerprint density at radius 1 is 1.12 bits per heavy atom. The van der Waals surface area contributed by atoms with Crippen LogP contribution in [0.15, 0.2) is 42.5 Å². The van der Waals surface area contributed by atoms with Gasteiger partial charge in [0.05, 0.1) is 17.9 Å². The smallest absolute Gasteiger partial charge is 0.418 e. The zero-order valence-electron chi connectivity index (χ0n) is 13.8. The van der Waals surface area contributed by atoms with Crippen molar-refractivity contribution in [1.29, 1.82) is 0 Å². The van der Waals surface area contributed by atoms with Gasteiger partial charge < -0.3 is 14.8 Å². The molecule has 0 atom stereocenters. The minimum atomic E-state index is -4.59. The van der Waals surface area contributed by atoms with Crippen LogP contribution in [-0.4, -0.2) is 25.4 Å². The Labute approximate surface area is 147 Å². The van der Waals surface area contributed by atoms with Gasteiger partial charge in [-0.15, -0.1) is 0 Å². The maximum atomic E-state index is 12.9. The van der Waals surface area contributed by atoms with E-state index >= 15 is 0 Å². The third-order valence-corrected chi connectivity index (χ3v) is 3.27. The number of ether oxygens (including phenoxy) is 2. The van der Waals surface area contributed by atoms with E-state index in [9.17, 15) is 22.8 Å². The molecule has 0 saturated heterocycles. The van der Waals surface area contributed by atoms with Gasteiger partial charge in [-0.2, -0.15) is 13.2 Å². The molecule has 0 aliphatic rings. The molecule has 0 bridgehead atoms. The Morgan fingerprint density at radius 2 is 1.85 bits per heavy atom. The summed E-state index contributed by atoms with van der Waals surface area (Å²) in [5, 5.41) is 2.18. The minimum absolute atomic E-state index is 0.205. The number of benzene rings is 2. The number of hydrogen-bond acceptors (Lipinski definition) is 4. The predicted molar refractivity (Wildman–Crippen MR) is 88.6 cm³/mol. The standard InChI is InChI=1S/C18H16F3NO4/c1-2-25-16-9-12(10-23)7-8-15(16)26-11-17(24)22-14-6-4-3-5-13(14)18(19,20)21/h3-10H,2,11H2,1H3,(H,22,24). The molecule has 26 heavy (non-hydrogen) atoms. The van der Waals surface area contributed by atoms with Gasteiger partial charge in [-0.25, -0.2) is 0 Å². The molecule has 1 N–H and O–H groups in total. The topological polar surface area (TPSA) is 64.6 Å². The fraction of sp³-hybridized carbons (Fsp3) is 0.222. The van der Waals surface area contributed by atoms with E-state index in [-0.39, 0.29) is 17.2 Å². The van der Waals surface area contributed by atoms with Gasteiger partial charge in [0.25, 0.3) is 5.91 Å². The highest BCUT2D eigenvalue weighted by atomic mass is 19.4. The second-order valence-corrected chi connectivity index (χ2v) is 5.14. The molecule has 0 spiro atoms. The van der Waals surface area contributed by atoms with Crippen molar-refractivity contribution < 1.29 is 32.2 Å². The Bertz CT molecular complexity index is 790. The molecule has 0 heterocycles. The number of carbonyl (C=O) groups is 2. The Hall–Kier alpha value is -3.03. The fourth-order valence-electron chi connectivity index (χ4n) is 2.15. The van der Waals surface area contributed by atoms with Gasteiger partial charge in [-0.1, -0.05) is 12.1 Å². The summed E-state index contributed by atoms with van der Waals surface area (Å²) in [5.41, 5.74) is -0.932. The third kappa shape index (κ3) is 4.98. The monoisotopic (exact) mass is 367 g/mol. The van der Waals surface area contributed by atoms with Crippen molar-refractivity contribution in [2.45, 2.75) is 13.1 Å². The molecule has 2 aromatic rings. The molecule has 2 aromatic carbocycles. The summed E-state index contributed by atoms with van der Waals surface area (Å²) >= 11 is 0. The zero-order valence-corrected chi connectivity index (χ0v) is 13.8. The molecule has 0 aromatic heterocycles. The average molecular weight is 367 g/mol. The zero-order chi connectivity index (χ0) is 19.2.